The van der Waals surface area contributed by atoms with Crippen molar-refractivity contribution in [3.63, 3.8) is 0 Å². The van der Waals surface area contributed by atoms with E-state index in [2.05, 4.69) is 4.99 Å². The van der Waals surface area contributed by atoms with Crippen molar-refractivity contribution in [2.75, 3.05) is 26.3 Å². The van der Waals surface area contributed by atoms with Crippen molar-refractivity contribution in [2.24, 2.45) is 4.99 Å². The summed E-state index contributed by atoms with van der Waals surface area (Å²) in [5.41, 5.74) is 3.61. The summed E-state index contributed by atoms with van der Waals surface area (Å²) in [7, 11) is 0. The Hall–Kier alpha value is -3.45. The number of nitrogens with zero attached hydrogens (tertiary/aromatic N) is 3. The lowest BCUT2D eigenvalue weighted by Gasteiger charge is -2.27. The van der Waals surface area contributed by atoms with E-state index >= 15 is 0 Å². The fourth-order valence-electron chi connectivity index (χ4n) is 3.64. The van der Waals surface area contributed by atoms with Crippen LogP contribution < -0.4 is 0 Å². The minimum absolute atomic E-state index is 0.0719. The van der Waals surface area contributed by atoms with Crippen LogP contribution in [0.15, 0.2) is 53.7 Å². The van der Waals surface area contributed by atoms with Crippen LogP contribution in [0, 0.1) is 6.92 Å². The molecule has 0 saturated carbocycles. The molecule has 1 N–H and O–H groups in total. The second kappa shape index (κ2) is 8.51. The molecule has 0 unspecified atom stereocenters. The number of benzene rings is 2. The summed E-state index contributed by atoms with van der Waals surface area (Å²) in [6, 6.07) is 12.8. The lowest BCUT2D eigenvalue weighted by molar-refractivity contribution is -0.135. The molecule has 3 aromatic rings. The number of amides is 1. The lowest BCUT2D eigenvalue weighted by atomic mass is 10.1. The summed E-state index contributed by atoms with van der Waals surface area (Å²) in [6.45, 7) is 4.51. The molecule has 1 aliphatic rings. The Morgan fingerprint density at radius 3 is 2.67 bits per heavy atom. The molecular weight excluding hydrogens is 382 g/mol. The average molecular weight is 405 g/mol. The molecule has 0 spiro atoms. The van der Waals surface area contributed by atoms with Gasteiger partial charge in [0.1, 0.15) is 6.54 Å². The van der Waals surface area contributed by atoms with E-state index in [1.165, 1.54) is 0 Å². The third kappa shape index (κ3) is 4.11. The molecular formula is C23H23N3O4. The Morgan fingerprint density at radius 1 is 1.17 bits per heavy atom. The first-order valence-electron chi connectivity index (χ1n) is 9.84. The van der Waals surface area contributed by atoms with Gasteiger partial charge in [-0.25, -0.2) is 4.79 Å². The van der Waals surface area contributed by atoms with Gasteiger partial charge >= 0.3 is 5.97 Å². The molecule has 1 aliphatic heterocycles. The van der Waals surface area contributed by atoms with E-state index in [-0.39, 0.29) is 18.0 Å². The van der Waals surface area contributed by atoms with Gasteiger partial charge in [0.25, 0.3) is 0 Å². The normalized spacial score (nSPS) is 14.5. The Labute approximate surface area is 174 Å². The number of carbonyl (C=O) groups excluding carboxylic acids is 1. The number of aromatic carboxylic acids is 1. The Balaban J connectivity index is 1.61. The van der Waals surface area contributed by atoms with Gasteiger partial charge in [-0.15, -0.1) is 0 Å². The molecule has 1 aromatic heterocycles. The fourth-order valence-corrected chi connectivity index (χ4v) is 3.64. The van der Waals surface area contributed by atoms with Crippen LogP contribution in [-0.4, -0.2) is 59.0 Å². The summed E-state index contributed by atoms with van der Waals surface area (Å²) in [6.07, 6.45) is 3.70. The van der Waals surface area contributed by atoms with Gasteiger partial charge in [0.05, 0.1) is 24.5 Å². The van der Waals surface area contributed by atoms with Crippen LogP contribution in [0.2, 0.25) is 0 Å². The molecule has 4 rings (SSSR count). The van der Waals surface area contributed by atoms with Crippen molar-refractivity contribution < 1.29 is 19.4 Å². The fraction of sp³-hybridized carbons (Fsp3) is 0.261. The number of ether oxygens (including phenoxy) is 1. The highest BCUT2D eigenvalue weighted by Crippen LogP contribution is 2.23. The smallest absolute Gasteiger partial charge is 0.335 e. The molecule has 2 aromatic carbocycles. The number of aryl methyl sites for hydroxylation is 1. The summed E-state index contributed by atoms with van der Waals surface area (Å²) in [5, 5.41) is 10.1. The van der Waals surface area contributed by atoms with Crippen LogP contribution >= 0.6 is 0 Å². The quantitative estimate of drug-likeness (QED) is 0.661. The minimum Gasteiger partial charge on any atom is -0.478 e. The second-order valence-corrected chi connectivity index (χ2v) is 7.29. The highest BCUT2D eigenvalue weighted by Gasteiger charge is 2.18. The van der Waals surface area contributed by atoms with Crippen LogP contribution in [-0.2, 0) is 16.1 Å². The van der Waals surface area contributed by atoms with Crippen LogP contribution in [0.3, 0.4) is 0 Å². The molecule has 7 heteroatoms. The zero-order chi connectivity index (χ0) is 21.1. The number of carboxylic acid groups (broad SMARTS) is 1. The van der Waals surface area contributed by atoms with E-state index in [0.29, 0.717) is 32.0 Å². The zero-order valence-electron chi connectivity index (χ0n) is 16.7. The van der Waals surface area contributed by atoms with Crippen molar-refractivity contribution >= 4 is 34.7 Å². The number of aromatic nitrogens is 1. The molecule has 154 valence electrons. The average Bonchev–Trinajstić information content (AvgIpc) is 3.11. The topological polar surface area (TPSA) is 84.1 Å². The van der Waals surface area contributed by atoms with Crippen molar-refractivity contribution in [3.8, 4) is 0 Å². The third-order valence-electron chi connectivity index (χ3n) is 5.28. The molecule has 30 heavy (non-hydrogen) atoms. The number of fused-ring (bicyclic) bond motifs is 1. The number of hydrogen-bond donors (Lipinski definition) is 1. The molecule has 1 amide bonds. The lowest BCUT2D eigenvalue weighted by Crippen LogP contribution is -2.42. The molecule has 0 aliphatic carbocycles. The highest BCUT2D eigenvalue weighted by atomic mass is 16.5. The monoisotopic (exact) mass is 405 g/mol. The predicted octanol–water partition coefficient (Wildman–Crippen LogP) is 3.26. The molecule has 0 radical (unpaired) electrons. The minimum atomic E-state index is -0.957. The maximum atomic E-state index is 12.7. The van der Waals surface area contributed by atoms with Gasteiger partial charge in [0, 0.05) is 42.0 Å². The molecule has 2 heterocycles. The SMILES string of the molecule is Cc1cc(C(=O)O)ccc1N=Cc1cn(CC(=O)N2CCOCC2)c2ccccc12. The summed E-state index contributed by atoms with van der Waals surface area (Å²) in [5.74, 6) is -0.885. The number of para-hydroxylation sites is 1. The number of morpholine rings is 1. The summed E-state index contributed by atoms with van der Waals surface area (Å²) in [4.78, 5) is 30.2. The number of aliphatic imine (C=N–C) groups is 1. The van der Waals surface area contributed by atoms with E-state index in [4.69, 9.17) is 9.84 Å². The first-order chi connectivity index (χ1) is 14.5. The molecule has 0 atom stereocenters. The van der Waals surface area contributed by atoms with Crippen molar-refractivity contribution in [2.45, 2.75) is 13.5 Å². The number of carboxylic acids is 1. The van der Waals surface area contributed by atoms with Gasteiger partial charge in [-0.1, -0.05) is 18.2 Å². The van der Waals surface area contributed by atoms with Crippen molar-refractivity contribution in [1.82, 2.24) is 9.47 Å². The Morgan fingerprint density at radius 2 is 1.93 bits per heavy atom. The molecule has 1 fully saturated rings. The van der Waals surface area contributed by atoms with Gasteiger partial charge in [-0.05, 0) is 36.8 Å². The first-order valence-corrected chi connectivity index (χ1v) is 9.84. The molecule has 7 nitrogen and oxygen atoms in total. The highest BCUT2D eigenvalue weighted by molar-refractivity contribution is 6.00. The number of carbonyl (C=O) groups is 2. The number of hydrogen-bond acceptors (Lipinski definition) is 4. The van der Waals surface area contributed by atoms with Crippen molar-refractivity contribution in [1.29, 1.82) is 0 Å². The van der Waals surface area contributed by atoms with Crippen molar-refractivity contribution in [3.05, 3.63) is 65.4 Å². The predicted molar refractivity (Wildman–Crippen MR) is 115 cm³/mol. The van der Waals surface area contributed by atoms with E-state index in [0.717, 1.165) is 22.0 Å². The van der Waals surface area contributed by atoms with E-state index in [9.17, 15) is 9.59 Å². The van der Waals surface area contributed by atoms with Crippen LogP contribution in [0.25, 0.3) is 10.9 Å². The maximum absolute atomic E-state index is 12.7. The first kappa shape index (κ1) is 19.8. The van der Waals surface area contributed by atoms with Crippen LogP contribution in [0.5, 0.6) is 0 Å². The summed E-state index contributed by atoms with van der Waals surface area (Å²) >= 11 is 0. The van der Waals surface area contributed by atoms with Gasteiger partial charge in [0.15, 0.2) is 0 Å². The largest absolute Gasteiger partial charge is 0.478 e. The van der Waals surface area contributed by atoms with Gasteiger partial charge in [-0.3, -0.25) is 9.79 Å². The molecule has 0 bridgehead atoms. The zero-order valence-corrected chi connectivity index (χ0v) is 16.7. The van der Waals surface area contributed by atoms with E-state index < -0.39 is 5.97 Å². The van der Waals surface area contributed by atoms with Gasteiger partial charge in [-0.2, -0.15) is 0 Å². The van der Waals surface area contributed by atoms with Crippen LogP contribution in [0.1, 0.15) is 21.5 Å². The molecule has 1 saturated heterocycles. The Bertz CT molecular complexity index is 1130. The third-order valence-corrected chi connectivity index (χ3v) is 5.28. The van der Waals surface area contributed by atoms with Gasteiger partial charge < -0.3 is 19.3 Å². The Kier molecular flexibility index (Phi) is 5.63. The maximum Gasteiger partial charge on any atom is 0.335 e. The van der Waals surface area contributed by atoms with Gasteiger partial charge in [0.2, 0.25) is 5.91 Å². The summed E-state index contributed by atoms with van der Waals surface area (Å²) < 4.78 is 7.28. The number of rotatable bonds is 5. The van der Waals surface area contributed by atoms with E-state index in [1.807, 2.05) is 46.9 Å². The van der Waals surface area contributed by atoms with Crippen LogP contribution in [0.4, 0.5) is 5.69 Å². The standard InChI is InChI=1S/C23H23N3O4/c1-16-12-17(23(28)29)6-7-20(16)24-13-18-14-26(21-5-3-2-4-19(18)21)15-22(27)25-8-10-30-11-9-25/h2-7,12-14H,8-11,15H2,1H3,(H,28,29). The van der Waals surface area contributed by atoms with E-state index in [1.54, 1.807) is 24.4 Å². The second-order valence-electron chi connectivity index (χ2n) is 7.29.